The van der Waals surface area contributed by atoms with Crippen molar-refractivity contribution in [3.63, 3.8) is 0 Å². The van der Waals surface area contributed by atoms with E-state index in [0.29, 0.717) is 6.41 Å². The zero-order valence-electron chi connectivity index (χ0n) is 13.5. The van der Waals surface area contributed by atoms with Crippen molar-refractivity contribution in [2.45, 2.75) is 78.8 Å². The van der Waals surface area contributed by atoms with Gasteiger partial charge in [-0.05, 0) is 52.0 Å². The summed E-state index contributed by atoms with van der Waals surface area (Å²) in [6, 6.07) is 1.07. The Morgan fingerprint density at radius 1 is 1.16 bits per heavy atom. The Balaban J connectivity index is 0.000000350. The Morgan fingerprint density at radius 2 is 1.74 bits per heavy atom. The lowest BCUT2D eigenvalue weighted by molar-refractivity contribution is -0.109. The number of hydrogen-bond acceptors (Lipinski definition) is 2. The van der Waals surface area contributed by atoms with E-state index in [1.165, 1.54) is 38.6 Å². The van der Waals surface area contributed by atoms with Gasteiger partial charge in [0.25, 0.3) is 0 Å². The molecule has 19 heavy (non-hydrogen) atoms. The van der Waals surface area contributed by atoms with Gasteiger partial charge in [0, 0.05) is 12.1 Å². The summed E-state index contributed by atoms with van der Waals surface area (Å²) in [5.41, 5.74) is 0. The molecule has 2 rings (SSSR count). The molecule has 0 aromatic rings. The Labute approximate surface area is 119 Å². The number of amides is 1. The fourth-order valence-corrected chi connectivity index (χ4v) is 2.89. The summed E-state index contributed by atoms with van der Waals surface area (Å²) >= 11 is 0. The molecule has 3 atom stereocenters. The quantitative estimate of drug-likeness (QED) is 0.756. The normalized spacial score (nSPS) is 29.1. The summed E-state index contributed by atoms with van der Waals surface area (Å²) < 4.78 is 0. The molecule has 3 nitrogen and oxygen atoms in total. The Morgan fingerprint density at radius 3 is 2.21 bits per heavy atom. The van der Waals surface area contributed by atoms with Crippen LogP contribution in [0.5, 0.6) is 0 Å². The molecule has 0 bridgehead atoms. The van der Waals surface area contributed by atoms with Crippen molar-refractivity contribution in [1.82, 2.24) is 10.6 Å². The molecule has 0 radical (unpaired) electrons. The molecule has 1 saturated carbocycles. The first-order chi connectivity index (χ1) is 9.13. The van der Waals surface area contributed by atoms with E-state index in [1.807, 2.05) is 27.7 Å². The lowest BCUT2D eigenvalue weighted by atomic mass is 9.74. The summed E-state index contributed by atoms with van der Waals surface area (Å²) in [4.78, 5) is 9.50. The average Bonchev–Trinajstić information content (AvgIpc) is 2.41. The Hall–Kier alpha value is -0.570. The second-order valence-electron chi connectivity index (χ2n) is 5.79. The molecule has 1 amide bonds. The highest BCUT2D eigenvalue weighted by molar-refractivity contribution is 5.46. The molecule has 114 valence electrons. The van der Waals surface area contributed by atoms with E-state index in [2.05, 4.69) is 17.6 Å². The number of nitrogens with one attached hydrogen (secondary N) is 2. The summed E-state index contributed by atoms with van der Waals surface area (Å²) in [5.74, 6) is 2.10. The molecule has 1 saturated heterocycles. The minimum Gasteiger partial charge on any atom is -0.357 e. The first-order valence-electron chi connectivity index (χ1n) is 8.06. The Bertz CT molecular complexity index is 219. The zero-order valence-corrected chi connectivity index (χ0v) is 13.5. The van der Waals surface area contributed by atoms with E-state index in [9.17, 15) is 4.79 Å². The van der Waals surface area contributed by atoms with Crippen molar-refractivity contribution in [1.29, 1.82) is 0 Å². The van der Waals surface area contributed by atoms with Gasteiger partial charge in [-0.1, -0.05) is 33.1 Å². The third-order valence-corrected chi connectivity index (χ3v) is 3.85. The van der Waals surface area contributed by atoms with Gasteiger partial charge < -0.3 is 10.6 Å². The van der Waals surface area contributed by atoms with Crippen molar-refractivity contribution in [3.05, 3.63) is 0 Å². The van der Waals surface area contributed by atoms with E-state index in [1.54, 1.807) is 0 Å². The van der Waals surface area contributed by atoms with Crippen LogP contribution >= 0.6 is 0 Å². The fraction of sp³-hybridized carbons (Fsp3) is 0.938. The van der Waals surface area contributed by atoms with Crippen LogP contribution in [0.3, 0.4) is 0 Å². The van der Waals surface area contributed by atoms with Crippen molar-refractivity contribution >= 4 is 6.41 Å². The van der Waals surface area contributed by atoms with Crippen LogP contribution in [-0.2, 0) is 4.79 Å². The number of hydrogen-bond donors (Lipinski definition) is 2. The minimum absolute atomic E-state index is 0.280. The highest BCUT2D eigenvalue weighted by atomic mass is 16.1. The molecule has 0 aromatic carbocycles. The van der Waals surface area contributed by atoms with Crippen LogP contribution in [0.2, 0.25) is 0 Å². The van der Waals surface area contributed by atoms with Crippen molar-refractivity contribution in [2.24, 2.45) is 11.8 Å². The minimum atomic E-state index is 0.280. The van der Waals surface area contributed by atoms with Crippen LogP contribution in [0, 0.1) is 11.8 Å². The summed E-state index contributed by atoms with van der Waals surface area (Å²) in [6.45, 7) is 11.4. The largest absolute Gasteiger partial charge is 0.357 e. The number of rotatable bonds is 2. The molecule has 1 aliphatic carbocycles. The van der Waals surface area contributed by atoms with Gasteiger partial charge in [-0.3, -0.25) is 4.79 Å². The molecule has 2 aliphatic rings. The number of carbonyl (C=O) groups excluding carboxylic acids is 1. The molecule has 2 fully saturated rings. The number of piperidine rings is 1. The predicted molar refractivity (Wildman–Crippen MR) is 83.2 cm³/mol. The highest BCUT2D eigenvalue weighted by Gasteiger charge is 2.29. The van der Waals surface area contributed by atoms with Gasteiger partial charge in [0.2, 0.25) is 6.41 Å². The first-order valence-corrected chi connectivity index (χ1v) is 8.06. The number of carbonyl (C=O) groups is 1. The van der Waals surface area contributed by atoms with Crippen LogP contribution in [0.1, 0.15) is 66.7 Å². The van der Waals surface area contributed by atoms with Crippen LogP contribution in [0.4, 0.5) is 0 Å². The van der Waals surface area contributed by atoms with E-state index >= 15 is 0 Å². The lowest BCUT2D eigenvalue weighted by Crippen LogP contribution is -2.43. The monoisotopic (exact) mass is 270 g/mol. The van der Waals surface area contributed by atoms with Gasteiger partial charge in [0.05, 0.1) is 0 Å². The maximum absolute atomic E-state index is 9.50. The third-order valence-electron chi connectivity index (χ3n) is 3.85. The molecule has 0 spiro atoms. The summed E-state index contributed by atoms with van der Waals surface area (Å²) in [7, 11) is 0. The van der Waals surface area contributed by atoms with Gasteiger partial charge >= 0.3 is 0 Å². The third kappa shape index (κ3) is 8.25. The summed E-state index contributed by atoms with van der Waals surface area (Å²) in [6.07, 6.45) is 8.11. The van der Waals surface area contributed by atoms with Gasteiger partial charge in [0.15, 0.2) is 0 Å². The fourth-order valence-electron chi connectivity index (χ4n) is 2.89. The second-order valence-corrected chi connectivity index (χ2v) is 5.79. The van der Waals surface area contributed by atoms with E-state index < -0.39 is 0 Å². The molecule has 2 N–H and O–H groups in total. The number of fused-ring (bicyclic) bond motifs is 1. The lowest BCUT2D eigenvalue weighted by Gasteiger charge is -2.38. The van der Waals surface area contributed by atoms with Crippen LogP contribution in [0.25, 0.3) is 0 Å². The maximum atomic E-state index is 9.50. The van der Waals surface area contributed by atoms with Crippen molar-refractivity contribution < 1.29 is 4.79 Å². The standard InChI is InChI=1S/C10H19N.C4H9NO.C2H6/c1-8-6-9-4-2-3-5-10(9)7-11-8;1-4(2)5-3-6;1-2/h8-11H,2-7H2,1H3;3-4H,1-2H3,(H,5,6);1-2H3. The molecule has 0 aromatic heterocycles. The molecule has 3 unspecified atom stereocenters. The van der Waals surface area contributed by atoms with Gasteiger partial charge in [-0.15, -0.1) is 0 Å². The molecular weight excluding hydrogens is 236 g/mol. The zero-order chi connectivity index (χ0) is 14.7. The molecule has 1 heterocycles. The van der Waals surface area contributed by atoms with Gasteiger partial charge in [-0.2, -0.15) is 0 Å². The second kappa shape index (κ2) is 11.3. The Kier molecular flexibility index (Phi) is 10.9. The maximum Gasteiger partial charge on any atom is 0.207 e. The van der Waals surface area contributed by atoms with Crippen LogP contribution < -0.4 is 10.6 Å². The molecular formula is C16H34N2O. The molecule has 1 aliphatic heterocycles. The van der Waals surface area contributed by atoms with Crippen LogP contribution in [0.15, 0.2) is 0 Å². The molecule has 3 heteroatoms. The highest BCUT2D eigenvalue weighted by Crippen LogP contribution is 2.34. The smallest absolute Gasteiger partial charge is 0.207 e. The van der Waals surface area contributed by atoms with E-state index in [-0.39, 0.29) is 6.04 Å². The van der Waals surface area contributed by atoms with Crippen molar-refractivity contribution in [2.75, 3.05) is 6.54 Å². The van der Waals surface area contributed by atoms with E-state index in [4.69, 9.17) is 0 Å². The first kappa shape index (κ1) is 18.4. The van der Waals surface area contributed by atoms with Gasteiger partial charge in [-0.25, -0.2) is 0 Å². The van der Waals surface area contributed by atoms with Crippen LogP contribution in [-0.4, -0.2) is 25.0 Å². The summed E-state index contributed by atoms with van der Waals surface area (Å²) in [5, 5.41) is 6.11. The van der Waals surface area contributed by atoms with E-state index in [0.717, 1.165) is 17.9 Å². The predicted octanol–water partition coefficient (Wildman–Crippen LogP) is 3.34. The topological polar surface area (TPSA) is 41.1 Å². The average molecular weight is 270 g/mol. The SMILES string of the molecule is CC.CC(C)NC=O.CC1CC2CCCCC2CN1. The van der Waals surface area contributed by atoms with Crippen molar-refractivity contribution in [3.8, 4) is 0 Å². The van der Waals surface area contributed by atoms with Gasteiger partial charge in [0.1, 0.15) is 0 Å².